The molecule has 0 aliphatic carbocycles. The lowest BCUT2D eigenvalue weighted by atomic mass is 10.2. The lowest BCUT2D eigenvalue weighted by Crippen LogP contribution is -2.41. The van der Waals surface area contributed by atoms with Crippen LogP contribution in [0, 0.1) is 0 Å². The van der Waals surface area contributed by atoms with Crippen LogP contribution < -0.4 is 5.32 Å². The van der Waals surface area contributed by atoms with Crippen molar-refractivity contribution in [1.29, 1.82) is 0 Å². The van der Waals surface area contributed by atoms with Gasteiger partial charge in [0.1, 0.15) is 4.90 Å². The molecular formula is C17H24ClN3O5S. The van der Waals surface area contributed by atoms with Crippen molar-refractivity contribution in [2.45, 2.75) is 24.8 Å². The van der Waals surface area contributed by atoms with E-state index in [9.17, 15) is 18.0 Å². The number of ether oxygens (including phenoxy) is 1. The van der Waals surface area contributed by atoms with Crippen molar-refractivity contribution >= 4 is 33.4 Å². The third-order valence-corrected chi connectivity index (χ3v) is 6.32. The first-order chi connectivity index (χ1) is 12.6. The van der Waals surface area contributed by atoms with Gasteiger partial charge in [-0.2, -0.15) is 4.31 Å². The molecular weight excluding hydrogens is 394 g/mol. The maximum atomic E-state index is 12.8. The van der Waals surface area contributed by atoms with Crippen molar-refractivity contribution in [1.82, 2.24) is 14.5 Å². The van der Waals surface area contributed by atoms with Gasteiger partial charge in [0.25, 0.3) is 5.91 Å². The summed E-state index contributed by atoms with van der Waals surface area (Å²) in [6, 6.07) is 4.04. The predicted molar refractivity (Wildman–Crippen MR) is 101 cm³/mol. The van der Waals surface area contributed by atoms with E-state index in [0.29, 0.717) is 13.2 Å². The molecule has 0 spiro atoms. The molecule has 27 heavy (non-hydrogen) atoms. The number of halogens is 1. The smallest absolute Gasteiger partial charge is 0.254 e. The third-order valence-electron chi connectivity index (χ3n) is 3.94. The summed E-state index contributed by atoms with van der Waals surface area (Å²) in [6.07, 6.45) is 0. The van der Waals surface area contributed by atoms with Crippen LogP contribution in [0.1, 0.15) is 24.2 Å². The van der Waals surface area contributed by atoms with Crippen molar-refractivity contribution in [3.8, 4) is 0 Å². The molecule has 1 aliphatic rings. The third kappa shape index (κ3) is 5.41. The lowest BCUT2D eigenvalue weighted by Gasteiger charge is -2.26. The summed E-state index contributed by atoms with van der Waals surface area (Å²) < 4.78 is 32.2. The molecule has 1 saturated heterocycles. The number of carbonyl (C=O) groups is 2. The Balaban J connectivity index is 2.23. The first kappa shape index (κ1) is 21.6. The van der Waals surface area contributed by atoms with Crippen molar-refractivity contribution < 1.29 is 22.7 Å². The normalized spacial score (nSPS) is 15.6. The van der Waals surface area contributed by atoms with E-state index in [4.69, 9.17) is 16.3 Å². The highest BCUT2D eigenvalue weighted by Crippen LogP contribution is 2.27. The molecule has 2 amide bonds. The fraction of sp³-hybridized carbons (Fsp3) is 0.529. The molecule has 1 heterocycles. The topological polar surface area (TPSA) is 96.0 Å². The van der Waals surface area contributed by atoms with Crippen molar-refractivity contribution in [3.63, 3.8) is 0 Å². The van der Waals surface area contributed by atoms with E-state index in [-0.39, 0.29) is 47.1 Å². The summed E-state index contributed by atoms with van der Waals surface area (Å²) in [7, 11) is -2.36. The molecule has 1 fully saturated rings. The monoisotopic (exact) mass is 417 g/mol. The molecule has 0 radical (unpaired) electrons. The van der Waals surface area contributed by atoms with Crippen LogP contribution in [0.25, 0.3) is 0 Å². The molecule has 1 N–H and O–H groups in total. The van der Waals surface area contributed by atoms with E-state index in [2.05, 4.69) is 5.32 Å². The van der Waals surface area contributed by atoms with E-state index in [1.165, 1.54) is 34.5 Å². The number of benzene rings is 1. The van der Waals surface area contributed by atoms with Gasteiger partial charge in [-0.25, -0.2) is 8.42 Å². The number of morpholine rings is 1. The van der Waals surface area contributed by atoms with Gasteiger partial charge in [-0.05, 0) is 32.0 Å². The summed E-state index contributed by atoms with van der Waals surface area (Å²) >= 11 is 6.10. The average molecular weight is 418 g/mol. The van der Waals surface area contributed by atoms with E-state index in [1.807, 2.05) is 13.8 Å². The van der Waals surface area contributed by atoms with Gasteiger partial charge in [0.2, 0.25) is 15.9 Å². The van der Waals surface area contributed by atoms with E-state index in [0.717, 1.165) is 0 Å². The summed E-state index contributed by atoms with van der Waals surface area (Å²) in [6.45, 7) is 4.58. The zero-order valence-corrected chi connectivity index (χ0v) is 17.1. The van der Waals surface area contributed by atoms with Crippen LogP contribution in [-0.2, 0) is 19.6 Å². The molecule has 0 unspecified atom stereocenters. The Labute approximate surface area is 164 Å². The number of rotatable bonds is 6. The molecule has 8 nitrogen and oxygen atoms in total. The number of likely N-dealkylation sites (N-methyl/N-ethyl adjacent to an activating group) is 1. The molecule has 0 aromatic heterocycles. The lowest BCUT2D eigenvalue weighted by molar-refractivity contribution is -0.122. The van der Waals surface area contributed by atoms with Crippen molar-refractivity contribution in [3.05, 3.63) is 28.8 Å². The number of hydrogen-bond donors (Lipinski definition) is 1. The van der Waals surface area contributed by atoms with Gasteiger partial charge in [-0.3, -0.25) is 9.59 Å². The number of amides is 2. The second-order valence-corrected chi connectivity index (χ2v) is 8.86. The number of nitrogens with zero attached hydrogens (tertiary/aromatic N) is 2. The molecule has 150 valence electrons. The summed E-state index contributed by atoms with van der Waals surface area (Å²) in [5.41, 5.74) is 0.145. The maximum absolute atomic E-state index is 12.8. The van der Waals surface area contributed by atoms with E-state index in [1.54, 1.807) is 0 Å². The standard InChI is InChI=1S/C17H24ClN3O5S/c1-12(2)19-16(22)11-20(3)17(23)13-4-5-14(18)15(10-13)27(24,25)21-6-8-26-9-7-21/h4-5,10,12H,6-9,11H2,1-3H3,(H,19,22). The van der Waals surface area contributed by atoms with Crippen LogP contribution in [0.3, 0.4) is 0 Å². The zero-order chi connectivity index (χ0) is 20.2. The fourth-order valence-corrected chi connectivity index (χ4v) is 4.54. The maximum Gasteiger partial charge on any atom is 0.254 e. The second kappa shape index (κ2) is 9.01. The number of hydrogen-bond acceptors (Lipinski definition) is 5. The Kier molecular flexibility index (Phi) is 7.21. The van der Waals surface area contributed by atoms with E-state index >= 15 is 0 Å². The first-order valence-corrected chi connectivity index (χ1v) is 10.4. The summed E-state index contributed by atoms with van der Waals surface area (Å²) in [5, 5.41) is 2.74. The highest BCUT2D eigenvalue weighted by Gasteiger charge is 2.29. The quantitative estimate of drug-likeness (QED) is 0.743. The van der Waals surface area contributed by atoms with E-state index < -0.39 is 15.9 Å². The highest BCUT2D eigenvalue weighted by atomic mass is 35.5. The Bertz CT molecular complexity index is 807. The van der Waals surface area contributed by atoms with Gasteiger partial charge in [0, 0.05) is 31.7 Å². The molecule has 1 aromatic carbocycles. The molecule has 1 aliphatic heterocycles. The van der Waals surface area contributed by atoms with Gasteiger partial charge in [-0.1, -0.05) is 11.6 Å². The summed E-state index contributed by atoms with van der Waals surface area (Å²) in [5.74, 6) is -0.764. The van der Waals surface area contributed by atoms with Gasteiger partial charge >= 0.3 is 0 Å². The SMILES string of the molecule is CC(C)NC(=O)CN(C)C(=O)c1ccc(Cl)c(S(=O)(=O)N2CCOCC2)c1. The van der Waals surface area contributed by atoms with Gasteiger partial charge < -0.3 is 15.0 Å². The minimum absolute atomic E-state index is 0.0400. The summed E-state index contributed by atoms with van der Waals surface area (Å²) in [4.78, 5) is 25.6. The molecule has 0 atom stereocenters. The second-order valence-electron chi connectivity index (χ2n) is 6.55. The minimum Gasteiger partial charge on any atom is -0.379 e. The van der Waals surface area contributed by atoms with Gasteiger partial charge in [-0.15, -0.1) is 0 Å². The molecule has 1 aromatic rings. The zero-order valence-electron chi connectivity index (χ0n) is 15.6. The average Bonchev–Trinajstić information content (AvgIpc) is 2.61. The van der Waals surface area contributed by atoms with Gasteiger partial charge in [0.05, 0.1) is 24.8 Å². The number of carbonyl (C=O) groups excluding carboxylic acids is 2. The largest absolute Gasteiger partial charge is 0.379 e. The van der Waals surface area contributed by atoms with Crippen molar-refractivity contribution in [2.24, 2.45) is 0 Å². The van der Waals surface area contributed by atoms with Crippen LogP contribution in [0.15, 0.2) is 23.1 Å². The van der Waals surface area contributed by atoms with Crippen LogP contribution in [-0.4, -0.2) is 75.4 Å². The van der Waals surface area contributed by atoms with Crippen LogP contribution in [0.2, 0.25) is 5.02 Å². The Morgan fingerprint density at radius 3 is 2.52 bits per heavy atom. The number of nitrogens with one attached hydrogen (secondary N) is 1. The molecule has 0 bridgehead atoms. The highest BCUT2D eigenvalue weighted by molar-refractivity contribution is 7.89. The predicted octanol–water partition coefficient (Wildman–Crippen LogP) is 0.958. The van der Waals surface area contributed by atoms with Crippen molar-refractivity contribution in [2.75, 3.05) is 39.9 Å². The molecule has 10 heteroatoms. The van der Waals surface area contributed by atoms with Crippen LogP contribution in [0.5, 0.6) is 0 Å². The molecule has 2 rings (SSSR count). The molecule has 0 saturated carbocycles. The number of sulfonamides is 1. The fourth-order valence-electron chi connectivity index (χ4n) is 2.64. The van der Waals surface area contributed by atoms with Crippen LogP contribution >= 0.6 is 11.6 Å². The Hall–Kier alpha value is -1.68. The first-order valence-electron chi connectivity index (χ1n) is 8.55. The Morgan fingerprint density at radius 2 is 1.93 bits per heavy atom. The van der Waals surface area contributed by atoms with Gasteiger partial charge in [0.15, 0.2) is 0 Å². The van der Waals surface area contributed by atoms with Crippen LogP contribution in [0.4, 0.5) is 0 Å². The minimum atomic E-state index is -3.84. The Morgan fingerprint density at radius 1 is 1.30 bits per heavy atom.